The first kappa shape index (κ1) is 12.2. The van der Waals surface area contributed by atoms with Gasteiger partial charge < -0.3 is 15.0 Å². The van der Waals surface area contributed by atoms with Crippen LogP contribution in [0.2, 0.25) is 0 Å². The molecule has 4 nitrogen and oxygen atoms in total. The van der Waals surface area contributed by atoms with Crippen LogP contribution < -0.4 is 10.1 Å². The van der Waals surface area contributed by atoms with Gasteiger partial charge in [-0.2, -0.15) is 0 Å². The minimum Gasteiger partial charge on any atom is -0.491 e. The molecule has 0 aromatic heterocycles. The van der Waals surface area contributed by atoms with Crippen molar-refractivity contribution in [1.82, 2.24) is 10.2 Å². The van der Waals surface area contributed by atoms with Crippen molar-refractivity contribution < 1.29 is 9.53 Å². The number of fused-ring (bicyclic) bond motifs is 1. The zero-order valence-electron chi connectivity index (χ0n) is 11.1. The summed E-state index contributed by atoms with van der Waals surface area (Å²) in [4.78, 5) is 14.4. The fourth-order valence-electron chi connectivity index (χ4n) is 2.40. The summed E-state index contributed by atoms with van der Waals surface area (Å²) >= 11 is 0. The van der Waals surface area contributed by atoms with Crippen LogP contribution in [-0.2, 0) is 11.3 Å². The van der Waals surface area contributed by atoms with Gasteiger partial charge in [0.2, 0.25) is 5.91 Å². The fourth-order valence-corrected chi connectivity index (χ4v) is 2.40. The summed E-state index contributed by atoms with van der Waals surface area (Å²) in [6, 6.07) is 7.93. The lowest BCUT2D eigenvalue weighted by Crippen LogP contribution is -2.39. The van der Waals surface area contributed by atoms with Gasteiger partial charge in [0, 0.05) is 30.8 Å². The zero-order chi connectivity index (χ0) is 13.2. The average Bonchev–Trinajstić information content (AvgIpc) is 2.57. The topological polar surface area (TPSA) is 41.6 Å². The molecule has 1 amide bonds. The van der Waals surface area contributed by atoms with E-state index in [2.05, 4.69) is 5.32 Å². The van der Waals surface area contributed by atoms with Crippen LogP contribution in [-0.4, -0.2) is 37.0 Å². The first-order chi connectivity index (χ1) is 9.25. The number of para-hydroxylation sites is 1. The quantitative estimate of drug-likeness (QED) is 0.773. The highest BCUT2D eigenvalue weighted by Gasteiger charge is 2.23. The van der Waals surface area contributed by atoms with Crippen LogP contribution in [0.1, 0.15) is 12.5 Å². The van der Waals surface area contributed by atoms with E-state index in [1.54, 1.807) is 0 Å². The third-order valence-electron chi connectivity index (χ3n) is 3.77. The number of carbonyl (C=O) groups is 1. The molecule has 0 atom stereocenters. The van der Waals surface area contributed by atoms with Gasteiger partial charge in [-0.3, -0.25) is 4.79 Å². The maximum absolute atomic E-state index is 12.5. The predicted octanol–water partition coefficient (Wildman–Crippen LogP) is 1.33. The molecule has 1 aromatic carbocycles. The Balaban J connectivity index is 1.81. The first-order valence-electron chi connectivity index (χ1n) is 6.65. The second-order valence-electron chi connectivity index (χ2n) is 5.01. The zero-order valence-corrected chi connectivity index (χ0v) is 11.1. The summed E-state index contributed by atoms with van der Waals surface area (Å²) in [5.74, 6) is 1.03. The number of amides is 1. The minimum atomic E-state index is 0.136. The third kappa shape index (κ3) is 2.36. The number of rotatable bonds is 1. The van der Waals surface area contributed by atoms with E-state index in [1.807, 2.05) is 36.1 Å². The molecule has 2 heterocycles. The Labute approximate surface area is 113 Å². The summed E-state index contributed by atoms with van der Waals surface area (Å²) in [5.41, 5.74) is 3.19. The van der Waals surface area contributed by atoms with Crippen molar-refractivity contribution in [2.24, 2.45) is 0 Å². The molecule has 1 fully saturated rings. The van der Waals surface area contributed by atoms with Gasteiger partial charge in [-0.15, -0.1) is 0 Å². The number of ether oxygens (including phenoxy) is 1. The molecule has 0 radical (unpaired) electrons. The van der Waals surface area contributed by atoms with E-state index in [1.165, 1.54) is 5.57 Å². The highest BCUT2D eigenvalue weighted by molar-refractivity contribution is 5.94. The average molecular weight is 258 g/mol. The molecule has 0 bridgehead atoms. The number of nitrogens with zero attached hydrogens (tertiary/aromatic N) is 1. The van der Waals surface area contributed by atoms with Crippen LogP contribution in [0.25, 0.3) is 0 Å². The maximum atomic E-state index is 12.5. The summed E-state index contributed by atoms with van der Waals surface area (Å²) < 4.78 is 5.69. The Hall–Kier alpha value is -1.81. The van der Waals surface area contributed by atoms with E-state index < -0.39 is 0 Å². The van der Waals surface area contributed by atoms with Crippen molar-refractivity contribution in [2.75, 3.05) is 26.2 Å². The Bertz CT molecular complexity index is 531. The second-order valence-corrected chi connectivity index (χ2v) is 5.01. The van der Waals surface area contributed by atoms with Crippen LogP contribution in [0.3, 0.4) is 0 Å². The van der Waals surface area contributed by atoms with Crippen molar-refractivity contribution in [3.63, 3.8) is 0 Å². The van der Waals surface area contributed by atoms with Crippen molar-refractivity contribution in [1.29, 1.82) is 0 Å². The summed E-state index contributed by atoms with van der Waals surface area (Å²) in [5, 5.41) is 3.17. The van der Waals surface area contributed by atoms with Crippen molar-refractivity contribution in [2.45, 2.75) is 13.5 Å². The molecule has 1 N–H and O–H groups in total. The normalized spacial score (nSPS) is 17.9. The maximum Gasteiger partial charge on any atom is 0.249 e. The molecule has 0 saturated carbocycles. The summed E-state index contributed by atoms with van der Waals surface area (Å²) in [7, 11) is 0. The molecule has 1 aromatic rings. The lowest BCUT2D eigenvalue weighted by atomic mass is 10.0. The molecule has 3 rings (SSSR count). The van der Waals surface area contributed by atoms with Gasteiger partial charge in [0.15, 0.2) is 0 Å². The van der Waals surface area contributed by atoms with Gasteiger partial charge >= 0.3 is 0 Å². The predicted molar refractivity (Wildman–Crippen MR) is 72.9 cm³/mol. The van der Waals surface area contributed by atoms with Crippen molar-refractivity contribution in [3.05, 3.63) is 41.0 Å². The number of hydrogen-bond donors (Lipinski definition) is 1. The van der Waals surface area contributed by atoms with Gasteiger partial charge in [-0.05, 0) is 18.6 Å². The third-order valence-corrected chi connectivity index (χ3v) is 3.77. The van der Waals surface area contributed by atoms with Crippen molar-refractivity contribution in [3.8, 4) is 5.75 Å². The van der Waals surface area contributed by atoms with Gasteiger partial charge in [-0.25, -0.2) is 0 Å². The van der Waals surface area contributed by atoms with Crippen LogP contribution in [0.4, 0.5) is 0 Å². The molecular formula is C15H18N2O2. The number of nitrogens with one attached hydrogen (secondary N) is 1. The molecule has 2 aliphatic heterocycles. The molecule has 19 heavy (non-hydrogen) atoms. The molecule has 100 valence electrons. The molecule has 2 aliphatic rings. The Kier molecular flexibility index (Phi) is 3.25. The van der Waals surface area contributed by atoms with Crippen LogP contribution >= 0.6 is 0 Å². The van der Waals surface area contributed by atoms with E-state index in [0.717, 1.165) is 30.0 Å². The SMILES string of the molecule is CC(C(=O)N1CCOc2ccccc2C1)=C1CNC1. The van der Waals surface area contributed by atoms with E-state index in [9.17, 15) is 4.79 Å². The van der Waals surface area contributed by atoms with E-state index >= 15 is 0 Å². The molecule has 4 heteroatoms. The van der Waals surface area contributed by atoms with Gasteiger partial charge in [0.05, 0.1) is 6.54 Å². The smallest absolute Gasteiger partial charge is 0.249 e. The van der Waals surface area contributed by atoms with E-state index in [4.69, 9.17) is 4.74 Å². The van der Waals surface area contributed by atoms with Gasteiger partial charge in [0.1, 0.15) is 12.4 Å². The lowest BCUT2D eigenvalue weighted by Gasteiger charge is -2.26. The van der Waals surface area contributed by atoms with Crippen molar-refractivity contribution >= 4 is 5.91 Å². The minimum absolute atomic E-state index is 0.136. The number of benzene rings is 1. The molecule has 0 spiro atoms. The molecule has 0 aliphatic carbocycles. The van der Waals surface area contributed by atoms with E-state index in [-0.39, 0.29) is 5.91 Å². The highest BCUT2D eigenvalue weighted by Crippen LogP contribution is 2.23. The first-order valence-corrected chi connectivity index (χ1v) is 6.65. The summed E-state index contributed by atoms with van der Waals surface area (Å²) in [6.07, 6.45) is 0. The molecule has 1 saturated heterocycles. The highest BCUT2D eigenvalue weighted by atomic mass is 16.5. The second kappa shape index (κ2) is 5.05. The lowest BCUT2D eigenvalue weighted by molar-refractivity contribution is -0.127. The largest absolute Gasteiger partial charge is 0.491 e. The Morgan fingerprint density at radius 3 is 2.84 bits per heavy atom. The standard InChI is InChI=1S/C15H18N2O2/c1-11(13-8-16-9-13)15(18)17-6-7-19-14-5-3-2-4-12(14)10-17/h2-5,16H,6-10H2,1H3. The monoisotopic (exact) mass is 258 g/mol. The number of carbonyl (C=O) groups excluding carboxylic acids is 1. The molecular weight excluding hydrogens is 240 g/mol. The fraction of sp³-hybridized carbons (Fsp3) is 0.400. The van der Waals surface area contributed by atoms with Gasteiger partial charge in [0.25, 0.3) is 0 Å². The molecule has 0 unspecified atom stereocenters. The van der Waals surface area contributed by atoms with Gasteiger partial charge in [-0.1, -0.05) is 18.2 Å². The van der Waals surface area contributed by atoms with Crippen LogP contribution in [0.5, 0.6) is 5.75 Å². The number of hydrogen-bond acceptors (Lipinski definition) is 3. The summed E-state index contributed by atoms with van der Waals surface area (Å²) in [6.45, 7) is 5.45. The van der Waals surface area contributed by atoms with Crippen LogP contribution in [0, 0.1) is 0 Å². The Morgan fingerprint density at radius 2 is 2.11 bits per heavy atom. The van der Waals surface area contributed by atoms with E-state index in [0.29, 0.717) is 19.7 Å². The Morgan fingerprint density at radius 1 is 1.32 bits per heavy atom. The van der Waals surface area contributed by atoms with Crippen LogP contribution in [0.15, 0.2) is 35.4 Å².